The number of nitrogens with zero attached hydrogens (tertiary/aromatic N) is 1. The topological polar surface area (TPSA) is 92.8 Å². The minimum Gasteiger partial charge on any atom is -0.452 e. The van der Waals surface area contributed by atoms with Crippen LogP contribution in [0.3, 0.4) is 0 Å². The van der Waals surface area contributed by atoms with Gasteiger partial charge in [-0.25, -0.2) is 4.79 Å². The number of esters is 1. The molecule has 30 heavy (non-hydrogen) atoms. The standard InChI is InChI=1S/C23H24N2O5/c1-3-7-15(2)24-20(26)14-30-23(29)17-9-6-8-16(12-17)13-25-21(27)18-10-4-5-11-19(18)22(25)28/h4-6,8-12,15H,3,7,13-14H2,1-2H3,(H,24,26)/t15-/m0/s1. The SMILES string of the molecule is CCC[C@H](C)NC(=O)COC(=O)c1cccc(CN2C(=O)c3ccccc3C2=O)c1. The van der Waals surface area contributed by atoms with E-state index in [4.69, 9.17) is 4.74 Å². The van der Waals surface area contributed by atoms with Gasteiger partial charge in [-0.3, -0.25) is 19.3 Å². The highest BCUT2D eigenvalue weighted by Crippen LogP contribution is 2.24. The quantitative estimate of drug-likeness (QED) is 0.536. The number of nitrogens with one attached hydrogen (secondary N) is 1. The van der Waals surface area contributed by atoms with Gasteiger partial charge in [-0.1, -0.05) is 37.6 Å². The number of rotatable bonds is 8. The number of imide groups is 1. The van der Waals surface area contributed by atoms with Crippen LogP contribution in [0.5, 0.6) is 0 Å². The van der Waals surface area contributed by atoms with Gasteiger partial charge in [0.25, 0.3) is 17.7 Å². The molecule has 7 nitrogen and oxygen atoms in total. The summed E-state index contributed by atoms with van der Waals surface area (Å²) >= 11 is 0. The van der Waals surface area contributed by atoms with E-state index in [-0.39, 0.29) is 42.5 Å². The fourth-order valence-electron chi connectivity index (χ4n) is 3.40. The molecule has 2 aromatic carbocycles. The Bertz CT molecular complexity index is 950. The lowest BCUT2D eigenvalue weighted by Gasteiger charge is -2.15. The maximum absolute atomic E-state index is 12.5. The molecule has 1 aliphatic rings. The lowest BCUT2D eigenvalue weighted by molar-refractivity contribution is -0.124. The van der Waals surface area contributed by atoms with Crippen molar-refractivity contribution < 1.29 is 23.9 Å². The number of carbonyl (C=O) groups is 4. The van der Waals surface area contributed by atoms with Crippen LogP contribution in [0.15, 0.2) is 48.5 Å². The number of ether oxygens (including phenoxy) is 1. The summed E-state index contributed by atoms with van der Waals surface area (Å²) in [6.07, 6.45) is 1.79. The molecule has 0 radical (unpaired) electrons. The highest BCUT2D eigenvalue weighted by molar-refractivity contribution is 6.21. The van der Waals surface area contributed by atoms with Crippen molar-refractivity contribution in [3.63, 3.8) is 0 Å². The van der Waals surface area contributed by atoms with Gasteiger partial charge in [0, 0.05) is 6.04 Å². The van der Waals surface area contributed by atoms with E-state index in [0.717, 1.165) is 17.7 Å². The van der Waals surface area contributed by atoms with Gasteiger partial charge in [0.2, 0.25) is 0 Å². The molecule has 1 heterocycles. The van der Waals surface area contributed by atoms with E-state index in [9.17, 15) is 19.2 Å². The number of hydrogen-bond donors (Lipinski definition) is 1. The van der Waals surface area contributed by atoms with Crippen molar-refractivity contribution in [3.8, 4) is 0 Å². The van der Waals surface area contributed by atoms with Crippen LogP contribution in [0.4, 0.5) is 0 Å². The summed E-state index contributed by atoms with van der Waals surface area (Å²) in [5, 5.41) is 2.77. The predicted octanol–water partition coefficient (Wildman–Crippen LogP) is 2.94. The molecule has 0 saturated heterocycles. The van der Waals surface area contributed by atoms with Crippen LogP contribution in [0.1, 0.15) is 63.3 Å². The zero-order chi connectivity index (χ0) is 21.7. The fourth-order valence-corrected chi connectivity index (χ4v) is 3.40. The molecule has 0 bridgehead atoms. The molecular formula is C23H24N2O5. The van der Waals surface area contributed by atoms with Crippen LogP contribution in [-0.2, 0) is 16.1 Å². The van der Waals surface area contributed by atoms with Gasteiger partial charge in [0.1, 0.15) is 0 Å². The van der Waals surface area contributed by atoms with Crippen LogP contribution in [0, 0.1) is 0 Å². The summed E-state index contributed by atoms with van der Waals surface area (Å²) in [6.45, 7) is 3.60. The molecule has 0 aliphatic carbocycles. The highest BCUT2D eigenvalue weighted by atomic mass is 16.5. The van der Waals surface area contributed by atoms with Crippen molar-refractivity contribution >= 4 is 23.7 Å². The Morgan fingerprint density at radius 3 is 2.33 bits per heavy atom. The molecule has 3 rings (SSSR count). The highest BCUT2D eigenvalue weighted by Gasteiger charge is 2.35. The first kappa shape index (κ1) is 21.2. The van der Waals surface area contributed by atoms with Gasteiger partial charge in [-0.05, 0) is 43.2 Å². The van der Waals surface area contributed by atoms with Gasteiger partial charge in [0.15, 0.2) is 6.61 Å². The Kier molecular flexibility index (Phi) is 6.61. The second kappa shape index (κ2) is 9.35. The van der Waals surface area contributed by atoms with Crippen LogP contribution >= 0.6 is 0 Å². The van der Waals surface area contributed by atoms with Gasteiger partial charge >= 0.3 is 5.97 Å². The van der Waals surface area contributed by atoms with E-state index in [0.29, 0.717) is 16.7 Å². The van der Waals surface area contributed by atoms with Gasteiger partial charge in [0.05, 0.1) is 23.2 Å². The zero-order valence-corrected chi connectivity index (χ0v) is 17.0. The number of fused-ring (bicyclic) bond motifs is 1. The first-order chi connectivity index (χ1) is 14.4. The predicted molar refractivity (Wildman–Crippen MR) is 110 cm³/mol. The third kappa shape index (κ3) is 4.74. The molecule has 0 aromatic heterocycles. The van der Waals surface area contributed by atoms with E-state index >= 15 is 0 Å². The van der Waals surface area contributed by atoms with E-state index in [2.05, 4.69) is 5.32 Å². The third-order valence-corrected chi connectivity index (χ3v) is 4.84. The first-order valence-electron chi connectivity index (χ1n) is 9.91. The van der Waals surface area contributed by atoms with E-state index in [1.165, 1.54) is 0 Å². The number of benzene rings is 2. The van der Waals surface area contributed by atoms with Crippen molar-refractivity contribution in [1.29, 1.82) is 0 Å². The Morgan fingerprint density at radius 1 is 1.03 bits per heavy atom. The summed E-state index contributed by atoms with van der Waals surface area (Å²) in [5.74, 6) is -1.72. The zero-order valence-electron chi connectivity index (χ0n) is 17.0. The van der Waals surface area contributed by atoms with Crippen LogP contribution in [-0.4, -0.2) is 41.2 Å². The van der Waals surface area contributed by atoms with Crippen molar-refractivity contribution in [2.45, 2.75) is 39.3 Å². The summed E-state index contributed by atoms with van der Waals surface area (Å²) in [6, 6.07) is 13.2. The molecule has 1 N–H and O–H groups in total. The minimum atomic E-state index is -0.641. The average Bonchev–Trinajstić information content (AvgIpc) is 2.97. The molecule has 1 atom stereocenters. The maximum atomic E-state index is 12.5. The largest absolute Gasteiger partial charge is 0.452 e. The maximum Gasteiger partial charge on any atom is 0.338 e. The lowest BCUT2D eigenvalue weighted by Crippen LogP contribution is -2.35. The molecule has 0 saturated carbocycles. The average molecular weight is 408 g/mol. The summed E-state index contributed by atoms with van der Waals surface area (Å²) < 4.78 is 5.09. The third-order valence-electron chi connectivity index (χ3n) is 4.84. The number of hydrogen-bond acceptors (Lipinski definition) is 5. The fraction of sp³-hybridized carbons (Fsp3) is 0.304. The van der Waals surface area contributed by atoms with Crippen molar-refractivity contribution in [2.24, 2.45) is 0 Å². The molecule has 0 unspecified atom stereocenters. The van der Waals surface area contributed by atoms with E-state index in [1.807, 2.05) is 13.8 Å². The first-order valence-corrected chi connectivity index (χ1v) is 9.91. The van der Waals surface area contributed by atoms with Crippen LogP contribution < -0.4 is 5.32 Å². The number of amides is 3. The second-order valence-corrected chi connectivity index (χ2v) is 7.28. The molecule has 0 fully saturated rings. The molecule has 7 heteroatoms. The summed E-state index contributed by atoms with van der Waals surface area (Å²) in [5.41, 5.74) is 1.61. The Balaban J connectivity index is 1.61. The van der Waals surface area contributed by atoms with Crippen molar-refractivity contribution in [3.05, 3.63) is 70.8 Å². The minimum absolute atomic E-state index is 0.0178. The van der Waals surface area contributed by atoms with E-state index < -0.39 is 5.97 Å². The Morgan fingerprint density at radius 2 is 1.70 bits per heavy atom. The molecule has 156 valence electrons. The Hall–Kier alpha value is -3.48. The molecule has 0 spiro atoms. The van der Waals surface area contributed by atoms with Crippen LogP contribution in [0.25, 0.3) is 0 Å². The van der Waals surface area contributed by atoms with Gasteiger partial charge in [-0.2, -0.15) is 0 Å². The molecule has 2 aromatic rings. The molecule has 3 amide bonds. The van der Waals surface area contributed by atoms with Crippen LogP contribution in [0.2, 0.25) is 0 Å². The lowest BCUT2D eigenvalue weighted by atomic mass is 10.1. The molecular weight excluding hydrogens is 384 g/mol. The van der Waals surface area contributed by atoms with Gasteiger partial charge in [-0.15, -0.1) is 0 Å². The van der Waals surface area contributed by atoms with Crippen molar-refractivity contribution in [1.82, 2.24) is 10.2 Å². The Labute approximate surface area is 175 Å². The van der Waals surface area contributed by atoms with E-state index in [1.54, 1.807) is 48.5 Å². The normalized spacial score (nSPS) is 13.7. The number of carbonyl (C=O) groups excluding carboxylic acids is 4. The summed E-state index contributed by atoms with van der Waals surface area (Å²) in [7, 11) is 0. The molecule has 1 aliphatic heterocycles. The van der Waals surface area contributed by atoms with Gasteiger partial charge < -0.3 is 10.1 Å². The smallest absolute Gasteiger partial charge is 0.338 e. The summed E-state index contributed by atoms with van der Waals surface area (Å²) in [4.78, 5) is 50.4. The second-order valence-electron chi connectivity index (χ2n) is 7.28. The monoisotopic (exact) mass is 408 g/mol. The van der Waals surface area contributed by atoms with Crippen molar-refractivity contribution in [2.75, 3.05) is 6.61 Å².